The minimum atomic E-state index is -0.234. The smallest absolute Gasteiger partial charge is 0.250 e. The second-order valence-electron chi connectivity index (χ2n) is 4.97. The average Bonchev–Trinajstić information content (AvgIpc) is 2.48. The zero-order valence-corrected chi connectivity index (χ0v) is 11.9. The van der Waals surface area contributed by atoms with Crippen molar-refractivity contribution in [2.24, 2.45) is 5.92 Å². The van der Waals surface area contributed by atoms with Gasteiger partial charge in [0.1, 0.15) is 0 Å². The van der Waals surface area contributed by atoms with Crippen molar-refractivity contribution in [1.82, 2.24) is 9.88 Å². The lowest BCUT2D eigenvalue weighted by Gasteiger charge is -2.21. The summed E-state index contributed by atoms with van der Waals surface area (Å²) in [7, 11) is 1.56. The van der Waals surface area contributed by atoms with Gasteiger partial charge in [0.15, 0.2) is 0 Å². The third-order valence-corrected chi connectivity index (χ3v) is 3.42. The number of carbonyl (C=O) groups is 2. The first-order valence-corrected chi connectivity index (χ1v) is 6.87. The molecule has 0 bridgehead atoms. The zero-order valence-electron chi connectivity index (χ0n) is 11.9. The summed E-state index contributed by atoms with van der Waals surface area (Å²) in [5, 5.41) is 5.46. The number of carbonyl (C=O) groups excluding carboxylic acids is 2. The van der Waals surface area contributed by atoms with Crippen LogP contribution in [0.25, 0.3) is 0 Å². The number of rotatable bonds is 5. The van der Waals surface area contributed by atoms with Gasteiger partial charge in [0.05, 0.1) is 18.2 Å². The van der Waals surface area contributed by atoms with Crippen molar-refractivity contribution in [2.75, 3.05) is 25.6 Å². The topological polar surface area (TPSA) is 89.4 Å². The van der Waals surface area contributed by atoms with Crippen LogP contribution >= 0.6 is 0 Å². The summed E-state index contributed by atoms with van der Waals surface area (Å²) in [5.74, 6) is -0.402. The number of aromatic nitrogens is 1. The molecule has 1 aliphatic heterocycles. The number of ether oxygens (including phenoxy) is 1. The lowest BCUT2D eigenvalue weighted by molar-refractivity contribution is -0.126. The molecule has 1 unspecified atom stereocenters. The Kier molecular flexibility index (Phi) is 5.10. The summed E-state index contributed by atoms with van der Waals surface area (Å²) < 4.78 is 6.43. The molecule has 2 heterocycles. The van der Waals surface area contributed by atoms with Gasteiger partial charge in [0, 0.05) is 38.9 Å². The van der Waals surface area contributed by atoms with E-state index in [-0.39, 0.29) is 23.3 Å². The molecule has 114 valence electrons. The first-order valence-electron chi connectivity index (χ1n) is 6.87. The van der Waals surface area contributed by atoms with Gasteiger partial charge >= 0.3 is 0 Å². The first kappa shape index (κ1) is 15.2. The third-order valence-electron chi connectivity index (χ3n) is 3.42. The van der Waals surface area contributed by atoms with Crippen LogP contribution in [0.3, 0.4) is 0 Å². The molecule has 2 rings (SSSR count). The molecule has 0 saturated carbocycles. The maximum absolute atomic E-state index is 12.1. The van der Waals surface area contributed by atoms with Crippen LogP contribution in [0, 0.1) is 5.92 Å². The number of nitrogens with zero attached hydrogens (tertiary/aromatic N) is 1. The summed E-state index contributed by atoms with van der Waals surface area (Å²) in [6.07, 6.45) is 2.51. The fourth-order valence-electron chi connectivity index (χ4n) is 2.17. The van der Waals surface area contributed by atoms with Crippen molar-refractivity contribution in [2.45, 2.75) is 19.4 Å². The fraction of sp³-hybridized carbons (Fsp3) is 0.500. The van der Waals surface area contributed by atoms with Gasteiger partial charge in [-0.2, -0.15) is 0 Å². The Morgan fingerprint density at radius 2 is 2.29 bits per heavy atom. The van der Waals surface area contributed by atoms with Gasteiger partial charge < -0.3 is 19.9 Å². The van der Waals surface area contributed by atoms with E-state index in [0.29, 0.717) is 38.2 Å². The van der Waals surface area contributed by atoms with Crippen LogP contribution in [0.4, 0.5) is 5.69 Å². The van der Waals surface area contributed by atoms with Crippen LogP contribution in [-0.2, 0) is 20.9 Å². The predicted octanol–water partition coefficient (Wildman–Crippen LogP) is -0.0406. The van der Waals surface area contributed by atoms with E-state index < -0.39 is 0 Å². The van der Waals surface area contributed by atoms with Gasteiger partial charge in [-0.25, -0.2) is 0 Å². The minimum Gasteiger partial charge on any atom is -0.383 e. The summed E-state index contributed by atoms with van der Waals surface area (Å²) in [5.41, 5.74) is 0.419. The van der Waals surface area contributed by atoms with Gasteiger partial charge in [-0.3, -0.25) is 14.4 Å². The molecular weight excluding hydrogens is 274 g/mol. The number of piperidine rings is 1. The molecular formula is C14H19N3O4. The maximum Gasteiger partial charge on any atom is 0.250 e. The molecule has 0 spiro atoms. The van der Waals surface area contributed by atoms with E-state index in [0.717, 1.165) is 0 Å². The number of methoxy groups -OCH3 is 1. The van der Waals surface area contributed by atoms with Crippen molar-refractivity contribution in [3.05, 3.63) is 28.7 Å². The van der Waals surface area contributed by atoms with E-state index in [2.05, 4.69) is 10.6 Å². The standard InChI is InChI=1S/C14H19N3O4/c1-21-7-6-17-9-11(3-5-13(17)19)16-14(20)10-2-4-12(18)15-8-10/h3,5,9-10H,2,4,6-8H2,1H3,(H,15,18)(H,16,20). The van der Waals surface area contributed by atoms with Gasteiger partial charge in [-0.05, 0) is 12.5 Å². The van der Waals surface area contributed by atoms with Crippen LogP contribution in [0.1, 0.15) is 12.8 Å². The van der Waals surface area contributed by atoms with Crippen molar-refractivity contribution in [3.63, 3.8) is 0 Å². The molecule has 1 saturated heterocycles. The van der Waals surface area contributed by atoms with Gasteiger partial charge in [0.25, 0.3) is 5.56 Å². The van der Waals surface area contributed by atoms with Crippen LogP contribution in [0.2, 0.25) is 0 Å². The van der Waals surface area contributed by atoms with Crippen LogP contribution in [0.5, 0.6) is 0 Å². The molecule has 7 heteroatoms. The quantitative estimate of drug-likeness (QED) is 0.797. The highest BCUT2D eigenvalue weighted by Gasteiger charge is 2.24. The second-order valence-corrected chi connectivity index (χ2v) is 4.97. The van der Waals surface area contributed by atoms with Crippen molar-refractivity contribution in [1.29, 1.82) is 0 Å². The minimum absolute atomic E-state index is 0.0211. The lowest BCUT2D eigenvalue weighted by Crippen LogP contribution is -2.40. The number of amides is 2. The molecule has 7 nitrogen and oxygen atoms in total. The molecule has 0 radical (unpaired) electrons. The molecule has 1 aliphatic rings. The highest BCUT2D eigenvalue weighted by atomic mass is 16.5. The van der Waals surface area contributed by atoms with Gasteiger partial charge in [-0.15, -0.1) is 0 Å². The molecule has 2 amide bonds. The van der Waals surface area contributed by atoms with Crippen molar-refractivity contribution < 1.29 is 14.3 Å². The van der Waals surface area contributed by atoms with E-state index in [4.69, 9.17) is 4.74 Å². The SMILES string of the molecule is COCCn1cc(NC(=O)C2CCC(=O)NC2)ccc1=O. The monoisotopic (exact) mass is 293 g/mol. The Hall–Kier alpha value is -2.15. The Balaban J connectivity index is 2.00. The van der Waals surface area contributed by atoms with E-state index in [9.17, 15) is 14.4 Å². The highest BCUT2D eigenvalue weighted by Crippen LogP contribution is 2.14. The zero-order chi connectivity index (χ0) is 15.2. The first-order chi connectivity index (χ1) is 10.1. The Morgan fingerprint density at radius 1 is 1.48 bits per heavy atom. The van der Waals surface area contributed by atoms with Crippen LogP contribution < -0.4 is 16.2 Å². The highest BCUT2D eigenvalue weighted by molar-refractivity contribution is 5.93. The van der Waals surface area contributed by atoms with Crippen LogP contribution in [0.15, 0.2) is 23.1 Å². The third kappa shape index (κ3) is 4.16. The summed E-state index contributed by atoms with van der Waals surface area (Å²) in [6, 6.07) is 2.98. The predicted molar refractivity (Wildman–Crippen MR) is 76.9 cm³/mol. The molecule has 0 aromatic carbocycles. The molecule has 1 atom stereocenters. The van der Waals surface area contributed by atoms with Crippen LogP contribution in [-0.4, -0.2) is 36.6 Å². The molecule has 2 N–H and O–H groups in total. The van der Waals surface area contributed by atoms with E-state index >= 15 is 0 Å². The number of anilines is 1. The van der Waals surface area contributed by atoms with Crippen molar-refractivity contribution >= 4 is 17.5 Å². The Labute approximate surface area is 122 Å². The second kappa shape index (κ2) is 7.03. The average molecular weight is 293 g/mol. The van der Waals surface area contributed by atoms with Crippen molar-refractivity contribution in [3.8, 4) is 0 Å². The number of nitrogens with one attached hydrogen (secondary N) is 2. The fourth-order valence-corrected chi connectivity index (χ4v) is 2.17. The largest absolute Gasteiger partial charge is 0.383 e. The summed E-state index contributed by atoms with van der Waals surface area (Å²) >= 11 is 0. The van der Waals surface area contributed by atoms with Gasteiger partial charge in [0.2, 0.25) is 11.8 Å². The molecule has 0 aliphatic carbocycles. The lowest BCUT2D eigenvalue weighted by atomic mass is 9.98. The molecule has 1 aromatic rings. The normalized spacial score (nSPS) is 18.1. The van der Waals surface area contributed by atoms with E-state index in [1.54, 1.807) is 19.4 Å². The van der Waals surface area contributed by atoms with Gasteiger partial charge in [-0.1, -0.05) is 0 Å². The van der Waals surface area contributed by atoms with E-state index in [1.165, 1.54) is 10.6 Å². The molecule has 21 heavy (non-hydrogen) atoms. The number of hydrogen-bond donors (Lipinski definition) is 2. The Morgan fingerprint density at radius 3 is 2.95 bits per heavy atom. The maximum atomic E-state index is 12.1. The number of hydrogen-bond acceptors (Lipinski definition) is 4. The summed E-state index contributed by atoms with van der Waals surface area (Å²) in [6.45, 7) is 1.21. The summed E-state index contributed by atoms with van der Waals surface area (Å²) in [4.78, 5) is 34.8. The number of pyridine rings is 1. The Bertz CT molecular complexity index is 572. The molecule has 1 fully saturated rings. The molecule has 1 aromatic heterocycles. The van der Waals surface area contributed by atoms with E-state index in [1.807, 2.05) is 0 Å².